The number of nitrogens with one attached hydrogen (secondary N) is 1. The molecule has 1 aromatic rings. The Kier molecular flexibility index (Phi) is 7.62. The molecule has 0 aliphatic carbocycles. The van der Waals surface area contributed by atoms with Gasteiger partial charge in [0.25, 0.3) is 0 Å². The molecule has 1 atom stereocenters. The summed E-state index contributed by atoms with van der Waals surface area (Å²) < 4.78 is 5.60. The summed E-state index contributed by atoms with van der Waals surface area (Å²) in [6.45, 7) is 4.88. The van der Waals surface area contributed by atoms with E-state index in [0.717, 1.165) is 56.7 Å². The van der Waals surface area contributed by atoms with Crippen LogP contribution in [0.4, 0.5) is 0 Å². The molecule has 24 heavy (non-hydrogen) atoms. The van der Waals surface area contributed by atoms with Crippen molar-refractivity contribution in [2.24, 2.45) is 10.4 Å². The molecule has 0 saturated carbocycles. The maximum absolute atomic E-state index is 6.20. The second-order valence-corrected chi connectivity index (χ2v) is 7.05. The summed E-state index contributed by atoms with van der Waals surface area (Å²) in [5, 5.41) is 4.36. The van der Waals surface area contributed by atoms with Gasteiger partial charge in [-0.3, -0.25) is 4.99 Å². The number of likely N-dealkylation sites (tertiary alicyclic amines) is 1. The van der Waals surface area contributed by atoms with Gasteiger partial charge in [-0.25, -0.2) is 0 Å². The Balaban J connectivity index is 0.00000208. The molecule has 134 valence electrons. The van der Waals surface area contributed by atoms with Gasteiger partial charge in [0.15, 0.2) is 5.96 Å². The molecular formula is C18H27ClIN3O. The predicted octanol–water partition coefficient (Wildman–Crippen LogP) is 3.58. The number of guanidine groups is 1. The molecule has 0 amide bonds. The first-order chi connectivity index (χ1) is 11.2. The van der Waals surface area contributed by atoms with E-state index in [1.54, 1.807) is 0 Å². The lowest BCUT2D eigenvalue weighted by Gasteiger charge is -2.25. The Morgan fingerprint density at radius 3 is 2.92 bits per heavy atom. The molecule has 4 nitrogen and oxygen atoms in total. The molecule has 1 N–H and O–H groups in total. The van der Waals surface area contributed by atoms with Crippen LogP contribution >= 0.6 is 35.6 Å². The molecular weight excluding hydrogens is 437 g/mol. The fourth-order valence-corrected chi connectivity index (χ4v) is 3.83. The van der Waals surface area contributed by atoms with E-state index in [1.165, 1.54) is 18.4 Å². The lowest BCUT2D eigenvalue weighted by molar-refractivity contribution is 0.156. The van der Waals surface area contributed by atoms with Crippen LogP contribution in [0, 0.1) is 5.41 Å². The molecule has 6 heteroatoms. The SMILES string of the molecule is CN=C(NCCCc1ccccc1Cl)N1CCC2(CCOC2)C1.I. The summed E-state index contributed by atoms with van der Waals surface area (Å²) in [5.74, 6) is 1.02. The molecule has 0 radical (unpaired) electrons. The van der Waals surface area contributed by atoms with E-state index in [2.05, 4.69) is 21.3 Å². The third-order valence-corrected chi connectivity index (χ3v) is 5.37. The Morgan fingerprint density at radius 2 is 2.21 bits per heavy atom. The van der Waals surface area contributed by atoms with Gasteiger partial charge in [-0.15, -0.1) is 24.0 Å². The quantitative estimate of drug-likeness (QED) is 0.321. The number of ether oxygens (including phenoxy) is 1. The number of hydrogen-bond acceptors (Lipinski definition) is 2. The maximum Gasteiger partial charge on any atom is 0.193 e. The van der Waals surface area contributed by atoms with E-state index in [4.69, 9.17) is 16.3 Å². The number of aliphatic imine (C=N–C) groups is 1. The van der Waals surface area contributed by atoms with Gasteiger partial charge in [0, 0.05) is 43.7 Å². The first kappa shape index (κ1) is 19.8. The third kappa shape index (κ3) is 4.76. The van der Waals surface area contributed by atoms with E-state index in [0.29, 0.717) is 5.41 Å². The number of rotatable bonds is 4. The smallest absolute Gasteiger partial charge is 0.193 e. The summed E-state index contributed by atoms with van der Waals surface area (Å²) in [6, 6.07) is 8.07. The Morgan fingerprint density at radius 1 is 1.38 bits per heavy atom. The van der Waals surface area contributed by atoms with E-state index in [1.807, 2.05) is 25.2 Å². The summed E-state index contributed by atoms with van der Waals surface area (Å²) in [5.41, 5.74) is 1.59. The second kappa shape index (κ2) is 9.25. The minimum absolute atomic E-state index is 0. The Bertz CT molecular complexity index is 561. The number of benzene rings is 1. The van der Waals surface area contributed by atoms with Crippen LogP contribution in [0.5, 0.6) is 0 Å². The highest BCUT2D eigenvalue weighted by Gasteiger charge is 2.42. The minimum Gasteiger partial charge on any atom is -0.381 e. The minimum atomic E-state index is 0. The lowest BCUT2D eigenvalue weighted by atomic mass is 9.87. The topological polar surface area (TPSA) is 36.9 Å². The van der Waals surface area contributed by atoms with Crippen LogP contribution in [0.3, 0.4) is 0 Å². The van der Waals surface area contributed by atoms with Crippen LogP contribution in [-0.2, 0) is 11.2 Å². The number of aryl methyl sites for hydroxylation is 1. The molecule has 0 aromatic heterocycles. The van der Waals surface area contributed by atoms with Crippen LogP contribution in [0.1, 0.15) is 24.8 Å². The summed E-state index contributed by atoms with van der Waals surface area (Å²) in [7, 11) is 1.87. The first-order valence-corrected chi connectivity index (χ1v) is 8.87. The largest absolute Gasteiger partial charge is 0.381 e. The van der Waals surface area contributed by atoms with Crippen LogP contribution in [-0.4, -0.2) is 50.8 Å². The highest BCUT2D eigenvalue weighted by Crippen LogP contribution is 2.38. The molecule has 3 rings (SSSR count). The zero-order chi connectivity index (χ0) is 16.1. The molecule has 2 heterocycles. The fraction of sp³-hybridized carbons (Fsp3) is 0.611. The summed E-state index contributed by atoms with van der Waals surface area (Å²) in [4.78, 5) is 6.83. The van der Waals surface area contributed by atoms with E-state index >= 15 is 0 Å². The van der Waals surface area contributed by atoms with Crippen molar-refractivity contribution in [3.05, 3.63) is 34.9 Å². The predicted molar refractivity (Wildman–Crippen MR) is 111 cm³/mol. The number of halogens is 2. The van der Waals surface area contributed by atoms with Crippen molar-refractivity contribution in [1.82, 2.24) is 10.2 Å². The second-order valence-electron chi connectivity index (χ2n) is 6.64. The van der Waals surface area contributed by atoms with Gasteiger partial charge in [0.2, 0.25) is 0 Å². The standard InChI is InChI=1S/C18H26ClN3O.HI/c1-20-17(22-11-8-18(13-22)9-12-23-14-18)21-10-4-6-15-5-2-3-7-16(15)19;/h2-3,5,7H,4,6,8-14H2,1H3,(H,20,21);1H. The summed E-state index contributed by atoms with van der Waals surface area (Å²) >= 11 is 6.20. The average Bonchev–Trinajstić information content (AvgIpc) is 3.20. The number of hydrogen-bond donors (Lipinski definition) is 1. The molecule has 2 saturated heterocycles. The molecule has 1 aromatic carbocycles. The van der Waals surface area contributed by atoms with Gasteiger partial charge in [-0.05, 0) is 37.3 Å². The Labute approximate surface area is 167 Å². The van der Waals surface area contributed by atoms with Gasteiger partial charge in [0.05, 0.1) is 6.61 Å². The Hall–Kier alpha value is -0.530. The zero-order valence-electron chi connectivity index (χ0n) is 14.3. The van der Waals surface area contributed by atoms with E-state index < -0.39 is 0 Å². The van der Waals surface area contributed by atoms with Crippen LogP contribution in [0.15, 0.2) is 29.3 Å². The van der Waals surface area contributed by atoms with Gasteiger partial charge >= 0.3 is 0 Å². The monoisotopic (exact) mass is 463 g/mol. The van der Waals surface area contributed by atoms with Gasteiger partial charge < -0.3 is 15.0 Å². The van der Waals surface area contributed by atoms with Crippen LogP contribution in [0.2, 0.25) is 5.02 Å². The van der Waals surface area contributed by atoms with Crippen molar-refractivity contribution in [3.63, 3.8) is 0 Å². The highest BCUT2D eigenvalue weighted by molar-refractivity contribution is 14.0. The van der Waals surface area contributed by atoms with E-state index in [9.17, 15) is 0 Å². The van der Waals surface area contributed by atoms with Crippen molar-refractivity contribution in [1.29, 1.82) is 0 Å². The fourth-order valence-electron chi connectivity index (χ4n) is 3.60. The molecule has 2 fully saturated rings. The van der Waals surface area contributed by atoms with Crippen molar-refractivity contribution in [2.45, 2.75) is 25.7 Å². The van der Waals surface area contributed by atoms with Crippen molar-refractivity contribution in [2.75, 3.05) is 39.9 Å². The lowest BCUT2D eigenvalue weighted by Crippen LogP contribution is -2.41. The highest BCUT2D eigenvalue weighted by atomic mass is 127. The molecule has 2 aliphatic rings. The van der Waals surface area contributed by atoms with Gasteiger partial charge in [0.1, 0.15) is 0 Å². The maximum atomic E-state index is 6.20. The molecule has 1 unspecified atom stereocenters. The molecule has 1 spiro atoms. The first-order valence-electron chi connectivity index (χ1n) is 8.49. The van der Waals surface area contributed by atoms with Crippen molar-refractivity contribution < 1.29 is 4.74 Å². The van der Waals surface area contributed by atoms with Gasteiger partial charge in [-0.1, -0.05) is 29.8 Å². The normalized spacial score (nSPS) is 23.6. The molecule has 0 bridgehead atoms. The van der Waals surface area contributed by atoms with Crippen LogP contribution in [0.25, 0.3) is 0 Å². The van der Waals surface area contributed by atoms with Crippen molar-refractivity contribution >= 4 is 41.5 Å². The average molecular weight is 464 g/mol. The molecule has 2 aliphatic heterocycles. The zero-order valence-corrected chi connectivity index (χ0v) is 17.3. The van der Waals surface area contributed by atoms with E-state index in [-0.39, 0.29) is 24.0 Å². The van der Waals surface area contributed by atoms with Crippen molar-refractivity contribution in [3.8, 4) is 0 Å². The third-order valence-electron chi connectivity index (χ3n) is 5.00. The van der Waals surface area contributed by atoms with Gasteiger partial charge in [-0.2, -0.15) is 0 Å². The van der Waals surface area contributed by atoms with Crippen LogP contribution < -0.4 is 5.32 Å². The summed E-state index contributed by atoms with van der Waals surface area (Å²) in [6.07, 6.45) is 4.44. The number of nitrogens with zero attached hydrogens (tertiary/aromatic N) is 2.